The molecule has 1 saturated heterocycles. The van der Waals surface area contributed by atoms with Crippen molar-refractivity contribution in [2.45, 2.75) is 50.7 Å². The van der Waals surface area contributed by atoms with Gasteiger partial charge in [-0.1, -0.05) is 18.2 Å². The van der Waals surface area contributed by atoms with Crippen LogP contribution in [0, 0.1) is 5.82 Å². The number of aliphatic imine (C=N–C) groups is 1. The van der Waals surface area contributed by atoms with Crippen molar-refractivity contribution in [3.05, 3.63) is 35.6 Å². The monoisotopic (exact) mass is 491 g/mol. The molecule has 7 heteroatoms. The normalized spacial score (nSPS) is 24.4. The lowest BCUT2D eigenvalue weighted by Crippen LogP contribution is -2.39. The summed E-state index contributed by atoms with van der Waals surface area (Å²) in [6, 6.07) is 7.28. The summed E-state index contributed by atoms with van der Waals surface area (Å²) in [6.07, 6.45) is 4.35. The molecular formula is C20H31FIN3O2. The van der Waals surface area contributed by atoms with E-state index in [4.69, 9.17) is 9.47 Å². The van der Waals surface area contributed by atoms with Gasteiger partial charge in [0.1, 0.15) is 5.82 Å². The number of halogens is 2. The van der Waals surface area contributed by atoms with E-state index in [2.05, 4.69) is 15.6 Å². The van der Waals surface area contributed by atoms with Crippen molar-refractivity contribution < 1.29 is 13.9 Å². The highest BCUT2D eigenvalue weighted by Crippen LogP contribution is 2.41. The van der Waals surface area contributed by atoms with Gasteiger partial charge in [0, 0.05) is 38.3 Å². The van der Waals surface area contributed by atoms with E-state index >= 15 is 0 Å². The summed E-state index contributed by atoms with van der Waals surface area (Å²) >= 11 is 0. The van der Waals surface area contributed by atoms with Crippen molar-refractivity contribution in [3.63, 3.8) is 0 Å². The Hall–Kier alpha value is -0.930. The van der Waals surface area contributed by atoms with E-state index in [0.29, 0.717) is 19.8 Å². The smallest absolute Gasteiger partial charge is 0.191 e. The molecule has 0 spiro atoms. The van der Waals surface area contributed by atoms with Crippen LogP contribution >= 0.6 is 24.0 Å². The minimum atomic E-state index is -0.118. The number of benzene rings is 1. The summed E-state index contributed by atoms with van der Waals surface area (Å²) in [5.74, 6) is 0.914. The standard InChI is InChI=1S/C20H30FN3O2.HI/c1-2-22-20(23-10-6-11-25-14-15-7-5-12-26-15)24-19-13-17(19)16-8-3-4-9-18(16)21;/h3-4,8-9,15,17,19H,2,5-7,10-14H2,1H3,(H2,22,23,24);1H. The van der Waals surface area contributed by atoms with E-state index in [1.807, 2.05) is 19.1 Å². The molecule has 0 radical (unpaired) electrons. The fourth-order valence-electron chi connectivity index (χ4n) is 3.32. The first-order valence-electron chi connectivity index (χ1n) is 9.76. The summed E-state index contributed by atoms with van der Waals surface area (Å²) in [5, 5.41) is 6.68. The highest BCUT2D eigenvalue weighted by atomic mass is 127. The Morgan fingerprint density at radius 3 is 2.96 bits per heavy atom. The molecule has 1 aliphatic carbocycles. The van der Waals surface area contributed by atoms with E-state index in [-0.39, 0.29) is 47.9 Å². The molecule has 1 aromatic carbocycles. The first-order valence-corrected chi connectivity index (χ1v) is 9.76. The van der Waals surface area contributed by atoms with Crippen LogP contribution in [0.1, 0.15) is 44.1 Å². The molecule has 1 heterocycles. The van der Waals surface area contributed by atoms with Gasteiger partial charge >= 0.3 is 0 Å². The second-order valence-corrected chi connectivity index (χ2v) is 6.94. The minimum Gasteiger partial charge on any atom is -0.379 e. The Balaban J connectivity index is 0.00000261. The molecule has 0 aromatic heterocycles. The number of guanidine groups is 1. The zero-order chi connectivity index (χ0) is 18.2. The lowest BCUT2D eigenvalue weighted by Gasteiger charge is -2.12. The Morgan fingerprint density at radius 1 is 1.37 bits per heavy atom. The number of nitrogens with one attached hydrogen (secondary N) is 2. The third-order valence-corrected chi connectivity index (χ3v) is 4.81. The fourth-order valence-corrected chi connectivity index (χ4v) is 3.32. The number of hydrogen-bond acceptors (Lipinski definition) is 3. The van der Waals surface area contributed by atoms with E-state index in [0.717, 1.165) is 50.4 Å². The van der Waals surface area contributed by atoms with Crippen LogP contribution in [0.4, 0.5) is 4.39 Å². The van der Waals surface area contributed by atoms with Crippen LogP contribution in [0.25, 0.3) is 0 Å². The van der Waals surface area contributed by atoms with Crippen molar-refractivity contribution in [3.8, 4) is 0 Å². The molecule has 2 N–H and O–H groups in total. The first-order chi connectivity index (χ1) is 12.8. The van der Waals surface area contributed by atoms with Crippen LogP contribution in [0.3, 0.4) is 0 Å². The minimum absolute atomic E-state index is 0. The van der Waals surface area contributed by atoms with Gasteiger partial charge in [-0.2, -0.15) is 0 Å². The summed E-state index contributed by atoms with van der Waals surface area (Å²) in [6.45, 7) is 5.81. The zero-order valence-corrected chi connectivity index (χ0v) is 18.3. The lowest BCUT2D eigenvalue weighted by molar-refractivity contribution is 0.0171. The Labute approximate surface area is 178 Å². The number of rotatable bonds is 9. The Kier molecular flexibility index (Phi) is 9.78. The molecular weight excluding hydrogens is 460 g/mol. The second-order valence-electron chi connectivity index (χ2n) is 6.94. The van der Waals surface area contributed by atoms with E-state index in [1.165, 1.54) is 6.07 Å². The third-order valence-electron chi connectivity index (χ3n) is 4.81. The van der Waals surface area contributed by atoms with Gasteiger partial charge in [-0.05, 0) is 44.2 Å². The maximum Gasteiger partial charge on any atom is 0.191 e. The van der Waals surface area contributed by atoms with Crippen molar-refractivity contribution in [2.75, 3.05) is 32.9 Å². The van der Waals surface area contributed by atoms with Crippen molar-refractivity contribution in [1.29, 1.82) is 0 Å². The Bertz CT molecular complexity index is 596. The van der Waals surface area contributed by atoms with Crippen LogP contribution in [-0.2, 0) is 9.47 Å². The average molecular weight is 491 g/mol. The van der Waals surface area contributed by atoms with Crippen LogP contribution in [0.5, 0.6) is 0 Å². The number of ether oxygens (including phenoxy) is 2. The van der Waals surface area contributed by atoms with Crippen LogP contribution in [0.2, 0.25) is 0 Å². The Morgan fingerprint density at radius 2 is 2.22 bits per heavy atom. The maximum absolute atomic E-state index is 13.9. The first kappa shape index (κ1) is 22.4. The van der Waals surface area contributed by atoms with Gasteiger partial charge in [-0.25, -0.2) is 4.39 Å². The summed E-state index contributed by atoms with van der Waals surface area (Å²) in [4.78, 5) is 4.60. The SMILES string of the molecule is CCNC(=NCCCOCC1CCCO1)NC1CC1c1ccccc1F.I. The molecule has 3 unspecified atom stereocenters. The van der Waals surface area contributed by atoms with E-state index in [9.17, 15) is 4.39 Å². The molecule has 1 aliphatic heterocycles. The van der Waals surface area contributed by atoms with Crippen LogP contribution < -0.4 is 10.6 Å². The summed E-state index contributed by atoms with van der Waals surface area (Å²) in [5.41, 5.74) is 0.795. The average Bonchev–Trinajstić information content (AvgIpc) is 3.19. The highest BCUT2D eigenvalue weighted by Gasteiger charge is 2.40. The van der Waals surface area contributed by atoms with Gasteiger partial charge in [-0.15, -0.1) is 24.0 Å². The molecule has 2 fully saturated rings. The topological polar surface area (TPSA) is 54.9 Å². The highest BCUT2D eigenvalue weighted by molar-refractivity contribution is 14.0. The maximum atomic E-state index is 13.9. The van der Waals surface area contributed by atoms with Gasteiger partial charge in [-0.3, -0.25) is 4.99 Å². The molecule has 3 rings (SSSR count). The predicted octanol–water partition coefficient (Wildman–Crippen LogP) is 3.44. The molecule has 2 aliphatic rings. The second kappa shape index (κ2) is 11.8. The molecule has 0 bridgehead atoms. The van der Waals surface area contributed by atoms with Crippen molar-refractivity contribution in [2.24, 2.45) is 4.99 Å². The number of hydrogen-bond donors (Lipinski definition) is 2. The third kappa shape index (κ3) is 7.19. The number of nitrogens with zero attached hydrogens (tertiary/aromatic N) is 1. The molecule has 5 nitrogen and oxygen atoms in total. The van der Waals surface area contributed by atoms with Gasteiger partial charge in [0.05, 0.1) is 12.7 Å². The molecule has 0 amide bonds. The lowest BCUT2D eigenvalue weighted by atomic mass is 10.1. The van der Waals surface area contributed by atoms with Crippen molar-refractivity contribution >= 4 is 29.9 Å². The zero-order valence-electron chi connectivity index (χ0n) is 16.0. The molecule has 3 atom stereocenters. The predicted molar refractivity (Wildman–Crippen MR) is 116 cm³/mol. The van der Waals surface area contributed by atoms with Crippen LogP contribution in [-0.4, -0.2) is 51.0 Å². The quantitative estimate of drug-likeness (QED) is 0.241. The van der Waals surface area contributed by atoms with Gasteiger partial charge in [0.2, 0.25) is 0 Å². The molecule has 27 heavy (non-hydrogen) atoms. The van der Waals surface area contributed by atoms with E-state index in [1.54, 1.807) is 6.07 Å². The van der Waals surface area contributed by atoms with Gasteiger partial charge in [0.25, 0.3) is 0 Å². The molecule has 1 aromatic rings. The fraction of sp³-hybridized carbons (Fsp3) is 0.650. The summed E-state index contributed by atoms with van der Waals surface area (Å²) < 4.78 is 25.1. The molecule has 152 valence electrons. The summed E-state index contributed by atoms with van der Waals surface area (Å²) in [7, 11) is 0. The van der Waals surface area contributed by atoms with Crippen molar-refractivity contribution in [1.82, 2.24) is 10.6 Å². The largest absolute Gasteiger partial charge is 0.379 e. The van der Waals surface area contributed by atoms with Gasteiger partial charge < -0.3 is 20.1 Å². The van der Waals surface area contributed by atoms with Gasteiger partial charge in [0.15, 0.2) is 5.96 Å². The van der Waals surface area contributed by atoms with Crippen LogP contribution in [0.15, 0.2) is 29.3 Å². The molecule has 1 saturated carbocycles. The van der Waals surface area contributed by atoms with E-state index < -0.39 is 0 Å².